The van der Waals surface area contributed by atoms with Crippen LogP contribution < -0.4 is 14.8 Å². The van der Waals surface area contributed by atoms with Crippen LogP contribution in [0.1, 0.15) is 31.2 Å². The van der Waals surface area contributed by atoms with Gasteiger partial charge >= 0.3 is 6.09 Å². The smallest absolute Gasteiger partial charge is 0.407 e. The third-order valence-corrected chi connectivity index (χ3v) is 8.65. The molecule has 1 amide bonds. The Balaban J connectivity index is 1.25. The van der Waals surface area contributed by atoms with Crippen LogP contribution in [0.4, 0.5) is 14.9 Å². The fraction of sp³-hybridized carbons (Fsp3) is 0.250. The monoisotopic (exact) mass is 605 g/mol. The summed E-state index contributed by atoms with van der Waals surface area (Å²) >= 11 is 12.3. The molecule has 1 aromatic heterocycles. The number of halogens is 3. The largest absolute Gasteiger partial charge is 0.487 e. The molecule has 1 saturated carbocycles. The van der Waals surface area contributed by atoms with Crippen LogP contribution in [0.5, 0.6) is 5.75 Å². The Kier molecular flexibility index (Phi) is 8.39. The Bertz CT molecular complexity index is 1630. The Labute approximate surface area is 240 Å². The van der Waals surface area contributed by atoms with E-state index in [1.807, 2.05) is 30.3 Å². The van der Waals surface area contributed by atoms with E-state index in [4.69, 9.17) is 32.7 Å². The maximum Gasteiger partial charge on any atom is 0.407 e. The lowest BCUT2D eigenvalue weighted by Crippen LogP contribution is -2.41. The van der Waals surface area contributed by atoms with E-state index in [0.717, 1.165) is 24.5 Å². The number of hydrogen-bond donors (Lipinski definition) is 3. The number of hydrogen-bond acceptors (Lipinski definition) is 5. The lowest BCUT2D eigenvalue weighted by atomic mass is 9.93. The number of nitrogens with one attached hydrogen (secondary N) is 3. The van der Waals surface area contributed by atoms with E-state index in [1.165, 1.54) is 30.5 Å². The van der Waals surface area contributed by atoms with E-state index < -0.39 is 32.9 Å². The molecular formula is C28H26Cl2FN3O5S. The van der Waals surface area contributed by atoms with Gasteiger partial charge in [-0.05, 0) is 49.1 Å². The van der Waals surface area contributed by atoms with Gasteiger partial charge < -0.3 is 19.8 Å². The van der Waals surface area contributed by atoms with Gasteiger partial charge in [0.1, 0.15) is 17.6 Å². The number of H-pyrrole nitrogens is 1. The standard InChI is InChI=1S/C28H26Cl2FN3O5S/c29-20-12-13-22(27-25(20)21(30)15-32-27)34-40(36,37)24-11-5-10-23(26(24)31)39-19-9-4-8-18(14-19)33-28(35)38-16-17-6-2-1-3-7-17/h1-3,5-7,10-13,15,18-19,32,34H,4,8-9,14,16H2,(H,33,35)/t18-,19-/m1/s1. The Morgan fingerprint density at radius 2 is 1.82 bits per heavy atom. The van der Waals surface area contributed by atoms with Crippen LogP contribution in [0.3, 0.4) is 0 Å². The first-order valence-corrected chi connectivity index (χ1v) is 14.9. The quantitative estimate of drug-likeness (QED) is 0.200. The van der Waals surface area contributed by atoms with E-state index in [-0.39, 0.29) is 24.1 Å². The van der Waals surface area contributed by atoms with E-state index in [2.05, 4.69) is 15.0 Å². The number of benzene rings is 3. The highest BCUT2D eigenvalue weighted by Gasteiger charge is 2.28. The zero-order chi connectivity index (χ0) is 28.3. The van der Waals surface area contributed by atoms with Gasteiger partial charge in [-0.3, -0.25) is 4.72 Å². The number of ether oxygens (including phenoxy) is 2. The second kappa shape index (κ2) is 12.0. The average molecular weight is 607 g/mol. The van der Waals surface area contributed by atoms with E-state index in [0.29, 0.717) is 33.8 Å². The number of aromatic nitrogens is 1. The van der Waals surface area contributed by atoms with E-state index in [1.54, 1.807) is 0 Å². The van der Waals surface area contributed by atoms with Crippen LogP contribution in [-0.2, 0) is 21.4 Å². The molecule has 5 rings (SSSR count). The number of fused-ring (bicyclic) bond motifs is 1. The molecule has 1 aliphatic rings. The molecule has 2 atom stereocenters. The fourth-order valence-electron chi connectivity index (χ4n) is 4.74. The summed E-state index contributed by atoms with van der Waals surface area (Å²) < 4.78 is 55.5. The van der Waals surface area contributed by atoms with Crippen LogP contribution >= 0.6 is 23.2 Å². The molecule has 0 spiro atoms. The molecule has 1 fully saturated rings. The number of amides is 1. The lowest BCUT2D eigenvalue weighted by molar-refractivity contribution is 0.110. The predicted octanol–water partition coefficient (Wildman–Crippen LogP) is 7.03. The van der Waals surface area contributed by atoms with Gasteiger partial charge in [0.25, 0.3) is 10.0 Å². The minimum atomic E-state index is -4.34. The van der Waals surface area contributed by atoms with Crippen molar-refractivity contribution in [2.75, 3.05) is 4.72 Å². The number of anilines is 1. The van der Waals surface area contributed by atoms with Gasteiger partial charge in [-0.25, -0.2) is 17.6 Å². The molecular weight excluding hydrogens is 580 g/mol. The Morgan fingerprint density at radius 3 is 2.62 bits per heavy atom. The first-order chi connectivity index (χ1) is 19.2. The van der Waals surface area contributed by atoms with Crippen molar-refractivity contribution in [1.82, 2.24) is 10.3 Å². The van der Waals surface area contributed by atoms with Crippen molar-refractivity contribution in [3.8, 4) is 5.75 Å². The van der Waals surface area contributed by atoms with Crippen molar-refractivity contribution in [2.45, 2.75) is 49.3 Å². The molecule has 0 bridgehead atoms. The summed E-state index contributed by atoms with van der Waals surface area (Å²) in [4.78, 5) is 14.6. The zero-order valence-corrected chi connectivity index (χ0v) is 23.5. The molecule has 12 heteroatoms. The fourth-order valence-corrected chi connectivity index (χ4v) is 6.46. The minimum absolute atomic E-state index is 0.151. The van der Waals surface area contributed by atoms with Gasteiger partial charge in [0.15, 0.2) is 11.6 Å². The minimum Gasteiger partial charge on any atom is -0.487 e. The van der Waals surface area contributed by atoms with Crippen molar-refractivity contribution in [3.63, 3.8) is 0 Å². The molecule has 3 N–H and O–H groups in total. The summed E-state index contributed by atoms with van der Waals surface area (Å²) in [6.07, 6.45) is 3.03. The molecule has 8 nitrogen and oxygen atoms in total. The van der Waals surface area contributed by atoms with E-state index >= 15 is 4.39 Å². The lowest BCUT2D eigenvalue weighted by Gasteiger charge is -2.30. The second-order valence-corrected chi connectivity index (χ2v) is 11.9. The number of rotatable bonds is 8. The van der Waals surface area contributed by atoms with Crippen molar-refractivity contribution in [3.05, 3.63) is 88.3 Å². The summed E-state index contributed by atoms with van der Waals surface area (Å²) in [6, 6.07) is 16.0. The van der Waals surface area contributed by atoms with Gasteiger partial charge in [-0.1, -0.05) is 59.6 Å². The predicted molar refractivity (Wildman–Crippen MR) is 152 cm³/mol. The summed E-state index contributed by atoms with van der Waals surface area (Å²) in [6.45, 7) is 0.151. The van der Waals surface area contributed by atoms with Crippen LogP contribution in [-0.4, -0.2) is 31.6 Å². The van der Waals surface area contributed by atoms with E-state index in [9.17, 15) is 13.2 Å². The summed E-state index contributed by atoms with van der Waals surface area (Å²) in [5, 5.41) is 3.96. The first kappa shape index (κ1) is 28.1. The number of carbonyl (C=O) groups is 1. The maximum atomic E-state index is 15.5. The zero-order valence-electron chi connectivity index (χ0n) is 21.1. The molecule has 4 aromatic rings. The molecule has 0 aliphatic heterocycles. The maximum absolute atomic E-state index is 15.5. The number of aromatic amines is 1. The molecule has 0 saturated heterocycles. The van der Waals surface area contributed by atoms with Gasteiger partial charge in [0.05, 0.1) is 21.2 Å². The van der Waals surface area contributed by atoms with Crippen molar-refractivity contribution >= 4 is 55.9 Å². The molecule has 0 unspecified atom stereocenters. The first-order valence-electron chi connectivity index (χ1n) is 12.6. The van der Waals surface area contributed by atoms with Gasteiger partial charge in [-0.15, -0.1) is 0 Å². The Morgan fingerprint density at radius 1 is 1.02 bits per heavy atom. The summed E-state index contributed by atoms with van der Waals surface area (Å²) in [5.41, 5.74) is 1.41. The molecule has 1 aliphatic carbocycles. The number of carbonyl (C=O) groups excluding carboxylic acids is 1. The van der Waals surface area contributed by atoms with Crippen molar-refractivity contribution in [1.29, 1.82) is 0 Å². The van der Waals surface area contributed by atoms with Crippen LogP contribution in [0.2, 0.25) is 10.0 Å². The van der Waals surface area contributed by atoms with Crippen LogP contribution in [0.25, 0.3) is 10.9 Å². The summed E-state index contributed by atoms with van der Waals surface area (Å²) in [7, 11) is -4.34. The van der Waals surface area contributed by atoms with Gasteiger partial charge in [0.2, 0.25) is 0 Å². The third-order valence-electron chi connectivity index (χ3n) is 6.65. The highest BCUT2D eigenvalue weighted by atomic mass is 35.5. The highest BCUT2D eigenvalue weighted by Crippen LogP contribution is 2.36. The van der Waals surface area contributed by atoms with Crippen molar-refractivity contribution in [2.24, 2.45) is 0 Å². The normalized spacial score (nSPS) is 17.4. The summed E-state index contributed by atoms with van der Waals surface area (Å²) in [5.74, 6) is -1.20. The molecule has 1 heterocycles. The molecule has 0 radical (unpaired) electrons. The highest BCUT2D eigenvalue weighted by molar-refractivity contribution is 7.92. The van der Waals surface area contributed by atoms with Crippen molar-refractivity contribution < 1.29 is 27.1 Å². The third kappa shape index (κ3) is 6.29. The van der Waals surface area contributed by atoms with Crippen LogP contribution in [0.15, 0.2) is 71.8 Å². The average Bonchev–Trinajstić information content (AvgIpc) is 3.33. The number of sulfonamides is 1. The number of alkyl carbamates (subject to hydrolysis) is 1. The molecule has 40 heavy (non-hydrogen) atoms. The molecule has 210 valence electrons. The van der Waals surface area contributed by atoms with Crippen LogP contribution in [0, 0.1) is 5.82 Å². The van der Waals surface area contributed by atoms with Gasteiger partial charge in [-0.2, -0.15) is 0 Å². The SMILES string of the molecule is O=C(N[C@@H]1CCC[C@@H](Oc2cccc(S(=O)(=O)Nc3ccc(Cl)c4c(Cl)c[nH]c34)c2F)C1)OCc1ccccc1. The van der Waals surface area contributed by atoms with Gasteiger partial charge in [0, 0.05) is 24.0 Å². The topological polar surface area (TPSA) is 110 Å². The Hall–Kier alpha value is -3.47. The second-order valence-electron chi connectivity index (χ2n) is 9.46. The molecule has 3 aromatic carbocycles.